The largest absolute Gasteiger partial charge is 0.508 e. The fourth-order valence-corrected chi connectivity index (χ4v) is 2.63. The molecule has 4 heteroatoms. The lowest BCUT2D eigenvalue weighted by atomic mass is 9.69. The summed E-state index contributed by atoms with van der Waals surface area (Å²) in [6.45, 7) is 0. The monoisotopic (exact) mass is 238 g/mol. The van der Waals surface area contributed by atoms with Gasteiger partial charge < -0.3 is 10.2 Å². The molecule has 2 rings (SSSR count). The molecule has 0 radical (unpaired) electrons. The molecule has 3 nitrogen and oxygen atoms in total. The predicted molar refractivity (Wildman–Crippen MR) is 60.5 cm³/mol. The Morgan fingerprint density at radius 1 is 1.24 bits per heavy atom. The van der Waals surface area contributed by atoms with Crippen LogP contribution >= 0.6 is 0 Å². The molecule has 0 aliphatic heterocycles. The Bertz CT molecular complexity index is 436. The first-order valence-corrected chi connectivity index (χ1v) is 5.79. The number of phenolic OH excluding ortho intramolecular Hbond substituents is 1. The van der Waals surface area contributed by atoms with Crippen molar-refractivity contribution in [2.24, 2.45) is 0 Å². The van der Waals surface area contributed by atoms with Gasteiger partial charge in [0.2, 0.25) is 0 Å². The lowest BCUT2D eigenvalue weighted by molar-refractivity contribution is -0.145. The van der Waals surface area contributed by atoms with Gasteiger partial charge in [-0.05, 0) is 31.0 Å². The van der Waals surface area contributed by atoms with Crippen LogP contribution < -0.4 is 0 Å². The molecule has 17 heavy (non-hydrogen) atoms. The molecule has 0 saturated heterocycles. The van der Waals surface area contributed by atoms with Crippen molar-refractivity contribution in [3.63, 3.8) is 0 Å². The van der Waals surface area contributed by atoms with Crippen molar-refractivity contribution in [3.8, 4) is 5.75 Å². The topological polar surface area (TPSA) is 57.5 Å². The maximum Gasteiger partial charge on any atom is 0.314 e. The first kappa shape index (κ1) is 11.9. The maximum atomic E-state index is 13.8. The Morgan fingerprint density at radius 3 is 2.47 bits per heavy atom. The molecule has 0 amide bonds. The van der Waals surface area contributed by atoms with Gasteiger partial charge in [0.05, 0.1) is 5.41 Å². The van der Waals surface area contributed by atoms with Crippen LogP contribution in [0.4, 0.5) is 4.39 Å². The minimum atomic E-state index is -1.17. The third-order valence-electron chi connectivity index (χ3n) is 3.58. The van der Waals surface area contributed by atoms with E-state index in [0.717, 1.165) is 25.3 Å². The molecule has 1 aliphatic carbocycles. The number of aromatic hydroxyl groups is 1. The summed E-state index contributed by atoms with van der Waals surface area (Å²) in [7, 11) is 0. The van der Waals surface area contributed by atoms with E-state index in [2.05, 4.69) is 0 Å². The average molecular weight is 238 g/mol. The van der Waals surface area contributed by atoms with E-state index >= 15 is 0 Å². The zero-order chi connectivity index (χ0) is 12.5. The van der Waals surface area contributed by atoms with E-state index in [1.165, 1.54) is 12.1 Å². The summed E-state index contributed by atoms with van der Waals surface area (Å²) in [5.74, 6) is -1.64. The average Bonchev–Trinajstić information content (AvgIpc) is 2.33. The lowest BCUT2D eigenvalue weighted by Gasteiger charge is -2.33. The lowest BCUT2D eigenvalue weighted by Crippen LogP contribution is -2.38. The molecule has 1 aromatic carbocycles. The van der Waals surface area contributed by atoms with Gasteiger partial charge in [-0.25, -0.2) is 4.39 Å². The summed E-state index contributed by atoms with van der Waals surface area (Å²) >= 11 is 0. The van der Waals surface area contributed by atoms with Crippen LogP contribution in [0, 0.1) is 5.82 Å². The summed E-state index contributed by atoms with van der Waals surface area (Å²) in [5.41, 5.74) is -1.05. The van der Waals surface area contributed by atoms with Crippen molar-refractivity contribution in [1.82, 2.24) is 0 Å². The maximum absolute atomic E-state index is 13.8. The Kier molecular flexibility index (Phi) is 3.05. The Balaban J connectivity index is 2.52. The smallest absolute Gasteiger partial charge is 0.314 e. The standard InChI is InChI=1S/C13H15FO3/c14-11-5-4-9(15)8-10(11)13(12(16)17)6-2-1-3-7-13/h4-5,8,15H,1-3,6-7H2,(H,16,17). The second kappa shape index (κ2) is 4.35. The third-order valence-corrected chi connectivity index (χ3v) is 3.58. The SMILES string of the molecule is O=C(O)C1(c2cc(O)ccc2F)CCCCC1. The predicted octanol–water partition coefficient (Wildman–Crippen LogP) is 2.82. The molecule has 1 aliphatic rings. The highest BCUT2D eigenvalue weighted by Crippen LogP contribution is 2.41. The number of aliphatic carboxylic acids is 1. The molecule has 0 spiro atoms. The van der Waals surface area contributed by atoms with Crippen LogP contribution in [0.1, 0.15) is 37.7 Å². The third kappa shape index (κ3) is 1.99. The number of halogens is 1. The van der Waals surface area contributed by atoms with E-state index in [4.69, 9.17) is 0 Å². The minimum Gasteiger partial charge on any atom is -0.508 e. The molecule has 0 unspecified atom stereocenters. The molecule has 1 aromatic rings. The van der Waals surface area contributed by atoms with Gasteiger partial charge in [-0.2, -0.15) is 0 Å². The van der Waals surface area contributed by atoms with Gasteiger partial charge in [0.25, 0.3) is 0 Å². The van der Waals surface area contributed by atoms with Gasteiger partial charge in [0, 0.05) is 5.56 Å². The van der Waals surface area contributed by atoms with Crippen molar-refractivity contribution < 1.29 is 19.4 Å². The van der Waals surface area contributed by atoms with Crippen LogP contribution in [0.5, 0.6) is 5.75 Å². The molecule has 2 N–H and O–H groups in total. The van der Waals surface area contributed by atoms with Gasteiger partial charge in [0.1, 0.15) is 11.6 Å². The Hall–Kier alpha value is -1.58. The zero-order valence-electron chi connectivity index (χ0n) is 9.45. The fourth-order valence-electron chi connectivity index (χ4n) is 2.63. The number of carbonyl (C=O) groups is 1. The summed E-state index contributed by atoms with van der Waals surface area (Å²) < 4.78 is 13.8. The highest BCUT2D eigenvalue weighted by molar-refractivity contribution is 5.81. The summed E-state index contributed by atoms with van der Waals surface area (Å²) in [5, 5.41) is 18.8. The van der Waals surface area contributed by atoms with Crippen LogP contribution in [0.25, 0.3) is 0 Å². The number of carboxylic acids is 1. The Morgan fingerprint density at radius 2 is 1.88 bits per heavy atom. The van der Waals surface area contributed by atoms with Gasteiger partial charge in [-0.15, -0.1) is 0 Å². The molecule has 1 fully saturated rings. The number of carboxylic acid groups (broad SMARTS) is 1. The van der Waals surface area contributed by atoms with E-state index < -0.39 is 17.2 Å². The summed E-state index contributed by atoms with van der Waals surface area (Å²) in [6.07, 6.45) is 3.41. The van der Waals surface area contributed by atoms with Crippen molar-refractivity contribution in [3.05, 3.63) is 29.6 Å². The highest BCUT2D eigenvalue weighted by atomic mass is 19.1. The molecular weight excluding hydrogens is 223 g/mol. The van der Waals surface area contributed by atoms with Crippen molar-refractivity contribution in [1.29, 1.82) is 0 Å². The van der Waals surface area contributed by atoms with Gasteiger partial charge in [-0.1, -0.05) is 19.3 Å². The summed E-state index contributed by atoms with van der Waals surface area (Å²) in [6, 6.07) is 3.61. The zero-order valence-corrected chi connectivity index (χ0v) is 9.45. The van der Waals surface area contributed by atoms with E-state index in [9.17, 15) is 19.4 Å². The van der Waals surface area contributed by atoms with Gasteiger partial charge in [-0.3, -0.25) is 4.79 Å². The number of hydrogen-bond donors (Lipinski definition) is 2. The second-order valence-corrected chi connectivity index (χ2v) is 4.61. The fraction of sp³-hybridized carbons (Fsp3) is 0.462. The molecule has 1 saturated carbocycles. The normalized spacial score (nSPS) is 18.9. The minimum absolute atomic E-state index is 0.0902. The van der Waals surface area contributed by atoms with Crippen LogP contribution in [0.2, 0.25) is 0 Å². The molecular formula is C13H15FO3. The number of rotatable bonds is 2. The van der Waals surface area contributed by atoms with Crippen LogP contribution in [0.3, 0.4) is 0 Å². The number of phenols is 1. The van der Waals surface area contributed by atoms with Crippen LogP contribution in [-0.2, 0) is 10.2 Å². The summed E-state index contributed by atoms with van der Waals surface area (Å²) in [4.78, 5) is 11.5. The highest BCUT2D eigenvalue weighted by Gasteiger charge is 2.43. The van der Waals surface area contributed by atoms with Gasteiger partial charge in [0.15, 0.2) is 0 Å². The van der Waals surface area contributed by atoms with Crippen molar-refractivity contribution >= 4 is 5.97 Å². The van der Waals surface area contributed by atoms with Crippen molar-refractivity contribution in [2.75, 3.05) is 0 Å². The van der Waals surface area contributed by atoms with Crippen LogP contribution in [0.15, 0.2) is 18.2 Å². The molecule has 0 atom stereocenters. The van der Waals surface area contributed by atoms with E-state index in [1.807, 2.05) is 0 Å². The quantitative estimate of drug-likeness (QED) is 0.832. The second-order valence-electron chi connectivity index (χ2n) is 4.61. The Labute approximate surface area is 98.9 Å². The molecule has 0 aromatic heterocycles. The van der Waals surface area contributed by atoms with Gasteiger partial charge >= 0.3 is 5.97 Å². The van der Waals surface area contributed by atoms with E-state index in [0.29, 0.717) is 12.8 Å². The first-order valence-electron chi connectivity index (χ1n) is 5.79. The van der Waals surface area contributed by atoms with Crippen LogP contribution in [-0.4, -0.2) is 16.2 Å². The van der Waals surface area contributed by atoms with E-state index in [-0.39, 0.29) is 11.3 Å². The number of benzene rings is 1. The molecule has 0 bridgehead atoms. The van der Waals surface area contributed by atoms with Crippen molar-refractivity contribution in [2.45, 2.75) is 37.5 Å². The molecule has 92 valence electrons. The number of hydrogen-bond acceptors (Lipinski definition) is 2. The first-order chi connectivity index (χ1) is 8.06. The molecule has 0 heterocycles. The van der Waals surface area contributed by atoms with E-state index in [1.54, 1.807) is 0 Å².